The normalized spacial score (nSPS) is 17.4. The van der Waals surface area contributed by atoms with Crippen LogP contribution >= 0.6 is 22.9 Å². The molecule has 0 bridgehead atoms. The van der Waals surface area contributed by atoms with Crippen LogP contribution in [0.5, 0.6) is 0 Å². The lowest BCUT2D eigenvalue weighted by molar-refractivity contribution is 0.0886. The molecule has 2 aromatic rings. The quantitative estimate of drug-likeness (QED) is 0.863. The van der Waals surface area contributed by atoms with Gasteiger partial charge in [0.25, 0.3) is 5.91 Å². The van der Waals surface area contributed by atoms with Crippen molar-refractivity contribution in [1.29, 1.82) is 0 Å². The van der Waals surface area contributed by atoms with E-state index in [0.29, 0.717) is 6.54 Å². The van der Waals surface area contributed by atoms with Gasteiger partial charge in [0.15, 0.2) is 0 Å². The Morgan fingerprint density at radius 3 is 2.72 bits per heavy atom. The van der Waals surface area contributed by atoms with Crippen LogP contribution in [0, 0.1) is 5.82 Å². The molecule has 0 spiro atoms. The summed E-state index contributed by atoms with van der Waals surface area (Å²) in [6.07, 6.45) is 0. The smallest absolute Gasteiger partial charge is 0.254 e. The van der Waals surface area contributed by atoms with Crippen molar-refractivity contribution in [2.45, 2.75) is 6.04 Å². The minimum Gasteiger partial charge on any atom is -0.350 e. The SMILES string of the molecule is CN1CCN(C(CNC(=O)c2ccc(Cl)cc2F)c2cccs2)CC1. The first kappa shape index (κ1) is 18.3. The summed E-state index contributed by atoms with van der Waals surface area (Å²) in [6, 6.07) is 8.31. The first-order valence-corrected chi connectivity index (χ1v) is 9.49. The number of likely N-dealkylation sites (N-methyl/N-ethyl adjacent to an activating group) is 1. The van der Waals surface area contributed by atoms with E-state index in [1.165, 1.54) is 17.0 Å². The van der Waals surface area contributed by atoms with Crippen molar-refractivity contribution in [3.63, 3.8) is 0 Å². The summed E-state index contributed by atoms with van der Waals surface area (Å²) >= 11 is 7.43. The van der Waals surface area contributed by atoms with Gasteiger partial charge in [-0.3, -0.25) is 9.69 Å². The molecule has 3 rings (SSSR count). The molecule has 7 heteroatoms. The number of halogens is 2. The number of benzene rings is 1. The van der Waals surface area contributed by atoms with Crippen LogP contribution in [0.25, 0.3) is 0 Å². The molecule has 1 aliphatic heterocycles. The van der Waals surface area contributed by atoms with Gasteiger partial charge >= 0.3 is 0 Å². The molecule has 1 fully saturated rings. The molecular formula is C18H21ClFN3OS. The zero-order valence-electron chi connectivity index (χ0n) is 14.0. The second kappa shape index (κ2) is 8.27. The van der Waals surface area contributed by atoms with Crippen LogP contribution in [0.15, 0.2) is 35.7 Å². The van der Waals surface area contributed by atoms with Gasteiger partial charge in [0.1, 0.15) is 5.82 Å². The highest BCUT2D eigenvalue weighted by Crippen LogP contribution is 2.26. The predicted molar refractivity (Wildman–Crippen MR) is 99.9 cm³/mol. The fourth-order valence-electron chi connectivity index (χ4n) is 2.98. The molecule has 25 heavy (non-hydrogen) atoms. The highest BCUT2D eigenvalue weighted by Gasteiger charge is 2.25. The molecule has 1 unspecified atom stereocenters. The summed E-state index contributed by atoms with van der Waals surface area (Å²) in [5, 5.41) is 5.21. The lowest BCUT2D eigenvalue weighted by Crippen LogP contribution is -2.48. The van der Waals surface area contributed by atoms with Crippen LogP contribution in [0.2, 0.25) is 5.02 Å². The number of nitrogens with one attached hydrogen (secondary N) is 1. The third-order valence-corrected chi connectivity index (χ3v) is 5.69. The average Bonchev–Trinajstić information content (AvgIpc) is 3.10. The molecule has 0 aliphatic carbocycles. The lowest BCUT2D eigenvalue weighted by Gasteiger charge is -2.37. The second-order valence-corrected chi connectivity index (χ2v) is 7.62. The maximum atomic E-state index is 13.9. The van der Waals surface area contributed by atoms with Gasteiger partial charge in [0.2, 0.25) is 0 Å². The van der Waals surface area contributed by atoms with Gasteiger partial charge in [-0.1, -0.05) is 17.7 Å². The number of hydrogen-bond acceptors (Lipinski definition) is 4. The summed E-state index contributed by atoms with van der Waals surface area (Å²) in [5.41, 5.74) is 0.0210. The molecule has 1 aromatic heterocycles. The number of carbonyl (C=O) groups is 1. The van der Waals surface area contributed by atoms with E-state index in [-0.39, 0.29) is 16.6 Å². The Morgan fingerprint density at radius 2 is 2.08 bits per heavy atom. The molecule has 1 N–H and O–H groups in total. The number of hydrogen-bond donors (Lipinski definition) is 1. The largest absolute Gasteiger partial charge is 0.350 e. The third kappa shape index (κ3) is 4.58. The summed E-state index contributed by atoms with van der Waals surface area (Å²) in [6.45, 7) is 4.35. The fraction of sp³-hybridized carbons (Fsp3) is 0.389. The van der Waals surface area contributed by atoms with E-state index in [2.05, 4.69) is 28.2 Å². The Bertz CT molecular complexity index is 717. The number of thiophene rings is 1. The molecule has 0 radical (unpaired) electrons. The maximum absolute atomic E-state index is 13.9. The van der Waals surface area contributed by atoms with E-state index in [4.69, 9.17) is 11.6 Å². The Morgan fingerprint density at radius 1 is 1.32 bits per heavy atom. The lowest BCUT2D eigenvalue weighted by atomic mass is 10.1. The molecule has 4 nitrogen and oxygen atoms in total. The highest BCUT2D eigenvalue weighted by atomic mass is 35.5. The van der Waals surface area contributed by atoms with Crippen LogP contribution in [-0.2, 0) is 0 Å². The maximum Gasteiger partial charge on any atom is 0.254 e. The third-order valence-electron chi connectivity index (χ3n) is 4.48. The van der Waals surface area contributed by atoms with Crippen molar-refractivity contribution in [2.24, 2.45) is 0 Å². The number of piperazine rings is 1. The number of carbonyl (C=O) groups excluding carboxylic acids is 1. The monoisotopic (exact) mass is 381 g/mol. The molecule has 1 aromatic carbocycles. The van der Waals surface area contributed by atoms with Gasteiger partial charge in [0, 0.05) is 42.6 Å². The van der Waals surface area contributed by atoms with Gasteiger partial charge in [-0.2, -0.15) is 0 Å². The van der Waals surface area contributed by atoms with E-state index < -0.39 is 11.7 Å². The van der Waals surface area contributed by atoms with Crippen LogP contribution in [0.3, 0.4) is 0 Å². The van der Waals surface area contributed by atoms with Crippen molar-refractivity contribution in [3.05, 3.63) is 57.0 Å². The summed E-state index contributed by atoms with van der Waals surface area (Å²) in [5.74, 6) is -1.01. The minimum atomic E-state index is -0.600. The van der Waals surface area contributed by atoms with E-state index in [1.54, 1.807) is 11.3 Å². The van der Waals surface area contributed by atoms with Crippen LogP contribution < -0.4 is 5.32 Å². The molecule has 0 saturated carbocycles. The Balaban J connectivity index is 1.69. The minimum absolute atomic E-state index is 0.0210. The van der Waals surface area contributed by atoms with Crippen molar-refractivity contribution in [2.75, 3.05) is 39.8 Å². The molecule has 1 amide bonds. The van der Waals surface area contributed by atoms with Gasteiger partial charge in [0.05, 0.1) is 11.6 Å². The predicted octanol–water partition coefficient (Wildman–Crippen LogP) is 3.26. The molecule has 1 atom stereocenters. The first-order chi connectivity index (χ1) is 12.0. The molecule has 1 aliphatic rings. The van der Waals surface area contributed by atoms with E-state index in [9.17, 15) is 9.18 Å². The molecule has 134 valence electrons. The molecular weight excluding hydrogens is 361 g/mol. The second-order valence-electron chi connectivity index (χ2n) is 6.20. The Hall–Kier alpha value is -1.47. The number of amides is 1. The zero-order valence-corrected chi connectivity index (χ0v) is 15.6. The molecule has 2 heterocycles. The van der Waals surface area contributed by atoms with Gasteiger partial charge < -0.3 is 10.2 Å². The number of rotatable bonds is 5. The van der Waals surface area contributed by atoms with Crippen LogP contribution in [0.1, 0.15) is 21.3 Å². The molecule has 1 saturated heterocycles. The number of nitrogens with zero attached hydrogens (tertiary/aromatic N) is 2. The van der Waals surface area contributed by atoms with Gasteiger partial charge in [-0.25, -0.2) is 4.39 Å². The van der Waals surface area contributed by atoms with E-state index in [0.717, 1.165) is 32.2 Å². The summed E-state index contributed by atoms with van der Waals surface area (Å²) in [7, 11) is 2.11. The van der Waals surface area contributed by atoms with E-state index in [1.807, 2.05) is 11.4 Å². The van der Waals surface area contributed by atoms with E-state index >= 15 is 0 Å². The highest BCUT2D eigenvalue weighted by molar-refractivity contribution is 7.10. The van der Waals surface area contributed by atoms with Crippen molar-refractivity contribution in [1.82, 2.24) is 15.1 Å². The van der Waals surface area contributed by atoms with Gasteiger partial charge in [-0.15, -0.1) is 11.3 Å². The Kier molecular flexibility index (Phi) is 6.06. The standard InChI is InChI=1S/C18H21ClFN3OS/c1-22-6-8-23(9-7-22)16(17-3-2-10-25-17)12-21-18(24)14-5-4-13(19)11-15(14)20/h2-5,10-11,16H,6-9,12H2,1H3,(H,21,24). The van der Waals surface area contributed by atoms with Crippen molar-refractivity contribution >= 4 is 28.8 Å². The first-order valence-electron chi connectivity index (χ1n) is 8.24. The Labute approximate surface area is 156 Å². The zero-order chi connectivity index (χ0) is 17.8. The fourth-order valence-corrected chi connectivity index (χ4v) is 4.00. The van der Waals surface area contributed by atoms with Crippen LogP contribution in [-0.4, -0.2) is 55.5 Å². The topological polar surface area (TPSA) is 35.6 Å². The summed E-state index contributed by atoms with van der Waals surface area (Å²) in [4.78, 5) is 18.3. The average molecular weight is 382 g/mol. The van der Waals surface area contributed by atoms with Gasteiger partial charge in [-0.05, 0) is 36.7 Å². The van der Waals surface area contributed by atoms with Crippen molar-refractivity contribution < 1.29 is 9.18 Å². The van der Waals surface area contributed by atoms with Crippen molar-refractivity contribution in [3.8, 4) is 0 Å². The van der Waals surface area contributed by atoms with Crippen LogP contribution in [0.4, 0.5) is 4.39 Å². The summed E-state index contributed by atoms with van der Waals surface area (Å²) < 4.78 is 13.9.